The van der Waals surface area contributed by atoms with Gasteiger partial charge in [-0.15, -0.1) is 0 Å². The van der Waals surface area contributed by atoms with Crippen LogP contribution in [0.2, 0.25) is 0 Å². The van der Waals surface area contributed by atoms with E-state index in [2.05, 4.69) is 57.1 Å². The Kier molecular flexibility index (Phi) is 4.59. The Bertz CT molecular complexity index is 886. The monoisotopic (exact) mass is 351 g/mol. The molecule has 3 heterocycles. The van der Waals surface area contributed by atoms with Gasteiger partial charge in [0, 0.05) is 20.5 Å². The van der Waals surface area contributed by atoms with E-state index in [1.807, 2.05) is 13.8 Å². The van der Waals surface area contributed by atoms with Crippen molar-refractivity contribution in [2.75, 3.05) is 31.6 Å². The molecule has 136 valence electrons. The van der Waals surface area contributed by atoms with Crippen LogP contribution in [0.1, 0.15) is 36.2 Å². The number of fused-ring (bicyclic) bond motifs is 1. The summed E-state index contributed by atoms with van der Waals surface area (Å²) in [5.41, 5.74) is 2.58. The van der Waals surface area contributed by atoms with Gasteiger partial charge in [-0.05, 0) is 38.4 Å². The van der Waals surface area contributed by atoms with Crippen molar-refractivity contribution in [3.63, 3.8) is 0 Å². The molecule has 0 spiro atoms. The van der Waals surface area contributed by atoms with E-state index < -0.39 is 0 Å². The first-order chi connectivity index (χ1) is 12.6. The molecule has 26 heavy (non-hydrogen) atoms. The van der Waals surface area contributed by atoms with Gasteiger partial charge in [-0.25, -0.2) is 9.97 Å². The Morgan fingerprint density at radius 3 is 2.54 bits per heavy atom. The van der Waals surface area contributed by atoms with Crippen LogP contribution in [-0.4, -0.2) is 46.5 Å². The molecule has 0 bridgehead atoms. The highest BCUT2D eigenvalue weighted by atomic mass is 16.4. The average Bonchev–Trinajstić information content (AvgIpc) is 3.27. The maximum Gasteiger partial charge on any atom is 0.252 e. The lowest BCUT2D eigenvalue weighted by atomic mass is 10.0. The molecule has 0 amide bonds. The summed E-state index contributed by atoms with van der Waals surface area (Å²) in [5.74, 6) is 2.14. The standard InChI is InChI=1S/C20H25N5O/c1-14-21-19(18-20(22-14)26-15(2)23-18)24(3)17(13-25-11-7-8-12-25)16-9-5-4-6-10-16/h4-6,9-10,17H,7-8,11-13H2,1-3H3/t17-/m1/s1. The zero-order chi connectivity index (χ0) is 18.1. The Morgan fingerprint density at radius 2 is 1.81 bits per heavy atom. The molecule has 1 aliphatic heterocycles. The first kappa shape index (κ1) is 17.0. The van der Waals surface area contributed by atoms with Crippen LogP contribution in [0.5, 0.6) is 0 Å². The molecule has 1 fully saturated rings. The summed E-state index contributed by atoms with van der Waals surface area (Å²) in [4.78, 5) is 18.4. The molecule has 0 unspecified atom stereocenters. The molecule has 1 aliphatic rings. The summed E-state index contributed by atoms with van der Waals surface area (Å²) in [6, 6.07) is 10.8. The zero-order valence-corrected chi connectivity index (χ0v) is 15.6. The molecule has 1 saturated heterocycles. The predicted octanol–water partition coefficient (Wildman–Crippen LogP) is 3.51. The number of likely N-dealkylation sites (N-methyl/N-ethyl adjacent to an activating group) is 1. The number of rotatable bonds is 5. The number of aryl methyl sites for hydroxylation is 2. The smallest absolute Gasteiger partial charge is 0.252 e. The molecule has 0 saturated carbocycles. The molecule has 0 N–H and O–H groups in total. The number of hydrogen-bond donors (Lipinski definition) is 0. The van der Waals surface area contributed by atoms with Gasteiger partial charge in [0.2, 0.25) is 0 Å². The number of benzene rings is 1. The van der Waals surface area contributed by atoms with Crippen LogP contribution in [0.25, 0.3) is 11.2 Å². The van der Waals surface area contributed by atoms with E-state index in [4.69, 9.17) is 9.40 Å². The summed E-state index contributed by atoms with van der Waals surface area (Å²) in [6.07, 6.45) is 2.56. The summed E-state index contributed by atoms with van der Waals surface area (Å²) in [7, 11) is 2.10. The van der Waals surface area contributed by atoms with Crippen LogP contribution < -0.4 is 4.90 Å². The first-order valence-corrected chi connectivity index (χ1v) is 9.24. The molecule has 1 atom stereocenters. The Morgan fingerprint density at radius 1 is 1.08 bits per heavy atom. The van der Waals surface area contributed by atoms with Crippen molar-refractivity contribution in [1.29, 1.82) is 0 Å². The second-order valence-corrected chi connectivity index (χ2v) is 7.03. The molecular formula is C20H25N5O. The number of hydrogen-bond acceptors (Lipinski definition) is 6. The Balaban J connectivity index is 1.75. The maximum absolute atomic E-state index is 5.66. The Hall–Kier alpha value is -2.47. The van der Waals surface area contributed by atoms with Crippen molar-refractivity contribution in [1.82, 2.24) is 19.9 Å². The molecule has 0 aliphatic carbocycles. The number of aromatic nitrogens is 3. The average molecular weight is 351 g/mol. The fourth-order valence-electron chi connectivity index (χ4n) is 3.75. The van der Waals surface area contributed by atoms with Crippen molar-refractivity contribution >= 4 is 17.0 Å². The van der Waals surface area contributed by atoms with Crippen LogP contribution in [0.3, 0.4) is 0 Å². The molecule has 0 radical (unpaired) electrons. The van der Waals surface area contributed by atoms with Crippen molar-refractivity contribution < 1.29 is 4.42 Å². The van der Waals surface area contributed by atoms with Crippen LogP contribution in [0, 0.1) is 13.8 Å². The zero-order valence-electron chi connectivity index (χ0n) is 15.6. The third-order valence-electron chi connectivity index (χ3n) is 5.07. The second-order valence-electron chi connectivity index (χ2n) is 7.03. The minimum absolute atomic E-state index is 0.198. The van der Waals surface area contributed by atoms with Gasteiger partial charge in [0.05, 0.1) is 6.04 Å². The molecule has 1 aromatic carbocycles. The molecule has 2 aromatic heterocycles. The normalized spacial score (nSPS) is 16.3. The van der Waals surface area contributed by atoms with Gasteiger partial charge in [-0.2, -0.15) is 4.98 Å². The lowest BCUT2D eigenvalue weighted by Crippen LogP contribution is -2.35. The van der Waals surface area contributed by atoms with Crippen molar-refractivity contribution in [3.05, 3.63) is 47.6 Å². The largest absolute Gasteiger partial charge is 0.422 e. The van der Waals surface area contributed by atoms with E-state index in [9.17, 15) is 0 Å². The van der Waals surface area contributed by atoms with Crippen molar-refractivity contribution in [3.8, 4) is 0 Å². The van der Waals surface area contributed by atoms with E-state index in [0.29, 0.717) is 17.4 Å². The predicted molar refractivity (Wildman–Crippen MR) is 102 cm³/mol. The third kappa shape index (κ3) is 3.29. The van der Waals surface area contributed by atoms with E-state index in [1.54, 1.807) is 0 Å². The van der Waals surface area contributed by atoms with Gasteiger partial charge in [0.25, 0.3) is 5.71 Å². The van der Waals surface area contributed by atoms with Gasteiger partial charge in [-0.1, -0.05) is 30.3 Å². The topological polar surface area (TPSA) is 58.3 Å². The van der Waals surface area contributed by atoms with E-state index >= 15 is 0 Å². The summed E-state index contributed by atoms with van der Waals surface area (Å²) >= 11 is 0. The number of nitrogens with zero attached hydrogens (tertiary/aromatic N) is 5. The summed E-state index contributed by atoms with van der Waals surface area (Å²) in [5, 5.41) is 0. The third-order valence-corrected chi connectivity index (χ3v) is 5.07. The van der Waals surface area contributed by atoms with Crippen molar-refractivity contribution in [2.24, 2.45) is 0 Å². The van der Waals surface area contributed by atoms with Gasteiger partial charge < -0.3 is 14.2 Å². The van der Waals surface area contributed by atoms with Crippen LogP contribution in [0.15, 0.2) is 34.7 Å². The highest BCUT2D eigenvalue weighted by molar-refractivity contribution is 5.82. The summed E-state index contributed by atoms with van der Waals surface area (Å²) < 4.78 is 5.66. The second kappa shape index (κ2) is 7.03. The van der Waals surface area contributed by atoms with E-state index in [1.165, 1.54) is 31.5 Å². The van der Waals surface area contributed by atoms with Gasteiger partial charge in [0.15, 0.2) is 17.2 Å². The van der Waals surface area contributed by atoms with Crippen LogP contribution in [0.4, 0.5) is 5.82 Å². The quantitative estimate of drug-likeness (QED) is 0.701. The maximum atomic E-state index is 5.66. The molecule has 6 heteroatoms. The number of likely N-dealkylation sites (tertiary alicyclic amines) is 1. The van der Waals surface area contributed by atoms with E-state index in [0.717, 1.165) is 17.9 Å². The molecule has 4 rings (SSSR count). The lowest BCUT2D eigenvalue weighted by molar-refractivity contribution is 0.312. The van der Waals surface area contributed by atoms with E-state index in [-0.39, 0.29) is 6.04 Å². The van der Waals surface area contributed by atoms with Gasteiger partial charge >= 0.3 is 0 Å². The fourth-order valence-corrected chi connectivity index (χ4v) is 3.75. The van der Waals surface area contributed by atoms with Gasteiger partial charge in [-0.3, -0.25) is 0 Å². The number of oxazole rings is 1. The Labute approximate surface area is 153 Å². The first-order valence-electron chi connectivity index (χ1n) is 9.24. The minimum Gasteiger partial charge on any atom is -0.422 e. The SMILES string of the molecule is Cc1nc(N(C)[C@H](CN2CCCC2)c2ccccc2)c2nc(C)oc2n1. The molecule has 6 nitrogen and oxygen atoms in total. The van der Waals surface area contributed by atoms with Gasteiger partial charge in [0.1, 0.15) is 5.82 Å². The fraction of sp³-hybridized carbons (Fsp3) is 0.450. The summed E-state index contributed by atoms with van der Waals surface area (Å²) in [6.45, 7) is 7.05. The highest BCUT2D eigenvalue weighted by Gasteiger charge is 2.26. The van der Waals surface area contributed by atoms with Crippen molar-refractivity contribution in [2.45, 2.75) is 32.7 Å². The highest BCUT2D eigenvalue weighted by Crippen LogP contribution is 2.31. The van der Waals surface area contributed by atoms with Crippen LogP contribution in [-0.2, 0) is 0 Å². The molecule has 3 aromatic rings. The number of anilines is 1. The minimum atomic E-state index is 0.198. The lowest BCUT2D eigenvalue weighted by Gasteiger charge is -2.32. The molecular weight excluding hydrogens is 326 g/mol. The van der Waals surface area contributed by atoms with Crippen LogP contribution >= 0.6 is 0 Å².